The number of benzene rings is 1. The van der Waals surface area contributed by atoms with Crippen molar-refractivity contribution in [2.24, 2.45) is 5.92 Å². The van der Waals surface area contributed by atoms with Gasteiger partial charge in [-0.15, -0.1) is 11.8 Å². The molecule has 9 heteroatoms. The van der Waals surface area contributed by atoms with Gasteiger partial charge in [0.25, 0.3) is 0 Å². The molecule has 2 aliphatic heterocycles. The number of aliphatic hydroxyl groups is 1. The quantitative estimate of drug-likeness (QED) is 0.752. The number of hydrogen-bond acceptors (Lipinski definition) is 5. The minimum absolute atomic E-state index is 0.0264. The Hall–Kier alpha value is -2.13. The number of carboxylic acids is 1. The molecule has 4 atom stereocenters. The van der Waals surface area contributed by atoms with E-state index in [-0.39, 0.29) is 12.4 Å². The fourth-order valence-corrected chi connectivity index (χ4v) is 5.85. The summed E-state index contributed by atoms with van der Waals surface area (Å²) < 4.78 is 14.0. The molecule has 3 heterocycles. The Kier molecular flexibility index (Phi) is 4.19. The second-order valence-electron chi connectivity index (χ2n) is 7.37. The van der Waals surface area contributed by atoms with Gasteiger partial charge in [-0.3, -0.25) is 4.79 Å². The Bertz CT molecular complexity index is 930. The van der Waals surface area contributed by atoms with Crippen molar-refractivity contribution < 1.29 is 24.2 Å². The number of thioether (sulfide) groups is 1. The lowest BCUT2D eigenvalue weighted by Gasteiger charge is -2.45. The number of alkyl halides is 1. The van der Waals surface area contributed by atoms with Gasteiger partial charge in [-0.25, -0.2) is 14.2 Å². The summed E-state index contributed by atoms with van der Waals surface area (Å²) in [6, 6.07) is 6.22. The third-order valence-electron chi connectivity index (χ3n) is 5.31. The van der Waals surface area contributed by atoms with E-state index in [1.807, 2.05) is 0 Å². The minimum atomic E-state index is -1.23. The van der Waals surface area contributed by atoms with Gasteiger partial charge in [0, 0.05) is 4.75 Å². The minimum Gasteiger partial charge on any atom is -0.480 e. The normalized spacial score (nSPS) is 27.5. The van der Waals surface area contributed by atoms with E-state index in [2.05, 4.69) is 4.98 Å². The molecule has 0 spiro atoms. The highest BCUT2D eigenvalue weighted by Gasteiger charge is 2.65. The molecule has 2 aromatic rings. The number of para-hydroxylation sites is 2. The maximum atomic E-state index is 13.1. The molecule has 1 aromatic carbocycles. The van der Waals surface area contributed by atoms with E-state index in [1.165, 1.54) is 16.7 Å². The van der Waals surface area contributed by atoms with E-state index in [4.69, 9.17) is 0 Å². The monoisotopic (exact) mass is 393 g/mol. The highest BCUT2D eigenvalue weighted by Crippen LogP contribution is 2.56. The number of carboxylic acid groups (broad SMARTS) is 1. The van der Waals surface area contributed by atoms with Crippen molar-refractivity contribution in [2.45, 2.75) is 42.7 Å². The van der Waals surface area contributed by atoms with E-state index in [0.29, 0.717) is 11.0 Å². The molecule has 2 aliphatic rings. The van der Waals surface area contributed by atoms with E-state index in [0.717, 1.165) is 0 Å². The van der Waals surface area contributed by atoms with Crippen LogP contribution in [-0.2, 0) is 16.1 Å². The SMILES string of the molecule is CC1(C)S[C@@H]2[C@H]([C@H](O)c3nc4ccccc4n3CCF)C(=O)N2[C@H]1C(=O)O. The summed E-state index contributed by atoms with van der Waals surface area (Å²) in [7, 11) is 0. The zero-order chi connectivity index (χ0) is 19.5. The summed E-state index contributed by atoms with van der Waals surface area (Å²) in [6.45, 7) is 2.96. The van der Waals surface area contributed by atoms with Crippen LogP contribution in [0.25, 0.3) is 11.0 Å². The molecule has 0 bridgehead atoms. The molecule has 2 saturated heterocycles. The molecule has 27 heavy (non-hydrogen) atoms. The molecule has 7 nitrogen and oxygen atoms in total. The first-order valence-electron chi connectivity index (χ1n) is 8.70. The van der Waals surface area contributed by atoms with Gasteiger partial charge in [-0.1, -0.05) is 12.1 Å². The lowest BCUT2D eigenvalue weighted by Crippen LogP contribution is -2.64. The number of amides is 1. The number of aromatic nitrogens is 2. The molecule has 144 valence electrons. The molecular formula is C18H20FN3O4S. The molecule has 0 saturated carbocycles. The van der Waals surface area contributed by atoms with Crippen molar-refractivity contribution in [2.75, 3.05) is 6.67 Å². The Morgan fingerprint density at radius 2 is 2.11 bits per heavy atom. The fraction of sp³-hybridized carbons (Fsp3) is 0.500. The van der Waals surface area contributed by atoms with Crippen LogP contribution in [0.3, 0.4) is 0 Å². The number of β-lactam (4-membered cyclic amide) rings is 1. The number of aliphatic carboxylic acids is 1. The van der Waals surface area contributed by atoms with Crippen molar-refractivity contribution in [1.82, 2.24) is 14.5 Å². The number of rotatable bonds is 5. The van der Waals surface area contributed by atoms with Gasteiger partial charge in [-0.05, 0) is 26.0 Å². The van der Waals surface area contributed by atoms with E-state index in [1.54, 1.807) is 42.7 Å². The van der Waals surface area contributed by atoms with Gasteiger partial charge in [-0.2, -0.15) is 0 Å². The number of carbonyl (C=O) groups excluding carboxylic acids is 1. The van der Waals surface area contributed by atoms with Crippen molar-refractivity contribution in [3.63, 3.8) is 0 Å². The molecule has 2 N–H and O–H groups in total. The van der Waals surface area contributed by atoms with E-state index >= 15 is 0 Å². The van der Waals surface area contributed by atoms with Crippen LogP contribution in [-0.4, -0.2) is 59.4 Å². The molecule has 1 aromatic heterocycles. The first-order valence-corrected chi connectivity index (χ1v) is 9.58. The van der Waals surface area contributed by atoms with Crippen molar-refractivity contribution in [1.29, 1.82) is 0 Å². The number of fused-ring (bicyclic) bond motifs is 2. The summed E-state index contributed by atoms with van der Waals surface area (Å²) in [6.07, 6.45) is -1.23. The molecular weight excluding hydrogens is 373 g/mol. The average molecular weight is 393 g/mol. The van der Waals surface area contributed by atoms with Gasteiger partial charge < -0.3 is 19.7 Å². The van der Waals surface area contributed by atoms with E-state index in [9.17, 15) is 24.2 Å². The third kappa shape index (κ3) is 2.55. The number of aryl methyl sites for hydroxylation is 1. The number of imidazole rings is 1. The standard InChI is InChI=1S/C18H20FN3O4S/c1-18(2)13(17(25)26)22-15(24)11(16(22)27-18)12(23)14-20-9-5-3-4-6-10(9)21(14)8-7-19/h3-6,11-13,16,23H,7-8H2,1-2H3,(H,25,26)/t11-,12+,13+,16-/m1/s1. The van der Waals surface area contributed by atoms with Gasteiger partial charge in [0.2, 0.25) is 5.91 Å². The summed E-state index contributed by atoms with van der Waals surface area (Å²) in [5, 5.41) is 20.0. The molecule has 1 amide bonds. The van der Waals surface area contributed by atoms with Crippen LogP contribution >= 0.6 is 11.8 Å². The molecule has 4 rings (SSSR count). The van der Waals surface area contributed by atoms with Crippen LogP contribution in [0.15, 0.2) is 24.3 Å². The summed E-state index contributed by atoms with van der Waals surface area (Å²) >= 11 is 1.37. The van der Waals surface area contributed by atoms with Crippen LogP contribution < -0.4 is 0 Å². The topological polar surface area (TPSA) is 95.7 Å². The first kappa shape index (κ1) is 18.2. The molecule has 0 unspecified atom stereocenters. The number of hydrogen-bond donors (Lipinski definition) is 2. The molecule has 0 aliphatic carbocycles. The van der Waals surface area contributed by atoms with Crippen LogP contribution in [0.5, 0.6) is 0 Å². The summed E-state index contributed by atoms with van der Waals surface area (Å²) in [4.78, 5) is 30.1. The highest BCUT2D eigenvalue weighted by atomic mass is 32.2. The van der Waals surface area contributed by atoms with E-state index < -0.39 is 46.7 Å². The van der Waals surface area contributed by atoms with Crippen LogP contribution in [0.4, 0.5) is 4.39 Å². The highest BCUT2D eigenvalue weighted by molar-refractivity contribution is 8.01. The zero-order valence-corrected chi connectivity index (χ0v) is 15.7. The summed E-state index contributed by atoms with van der Waals surface area (Å²) in [5.74, 6) is -2.02. The largest absolute Gasteiger partial charge is 0.480 e. The van der Waals surface area contributed by atoms with Crippen molar-refractivity contribution in [3.05, 3.63) is 30.1 Å². The van der Waals surface area contributed by atoms with Crippen LogP contribution in [0.1, 0.15) is 25.8 Å². The number of nitrogens with zero attached hydrogens (tertiary/aromatic N) is 3. The van der Waals surface area contributed by atoms with Gasteiger partial charge in [0.15, 0.2) is 0 Å². The number of halogens is 1. The second-order valence-corrected chi connectivity index (χ2v) is 9.14. The van der Waals surface area contributed by atoms with Crippen molar-refractivity contribution >= 4 is 34.7 Å². The van der Waals surface area contributed by atoms with Gasteiger partial charge in [0.05, 0.1) is 23.0 Å². The Morgan fingerprint density at radius 1 is 1.41 bits per heavy atom. The maximum Gasteiger partial charge on any atom is 0.327 e. The predicted molar refractivity (Wildman–Crippen MR) is 97.9 cm³/mol. The van der Waals surface area contributed by atoms with Crippen molar-refractivity contribution in [3.8, 4) is 0 Å². The Balaban J connectivity index is 1.70. The lowest BCUT2D eigenvalue weighted by molar-refractivity contribution is -0.169. The number of aliphatic hydroxyl groups excluding tert-OH is 1. The molecule has 2 fully saturated rings. The summed E-state index contributed by atoms with van der Waals surface area (Å²) in [5.41, 5.74) is 1.31. The first-order chi connectivity index (χ1) is 12.8. The average Bonchev–Trinajstić information content (AvgIpc) is 3.08. The third-order valence-corrected chi connectivity index (χ3v) is 6.91. The Morgan fingerprint density at radius 3 is 2.78 bits per heavy atom. The van der Waals surface area contributed by atoms with Gasteiger partial charge in [0.1, 0.15) is 30.6 Å². The molecule has 0 radical (unpaired) electrons. The lowest BCUT2D eigenvalue weighted by atomic mass is 9.87. The Labute approximate surface area is 159 Å². The maximum absolute atomic E-state index is 13.1. The smallest absolute Gasteiger partial charge is 0.327 e. The zero-order valence-electron chi connectivity index (χ0n) is 14.9. The predicted octanol–water partition coefficient (Wildman–Crippen LogP) is 1.80. The number of carbonyl (C=O) groups is 2. The second kappa shape index (κ2) is 6.20. The fourth-order valence-electron chi connectivity index (χ4n) is 4.13. The van der Waals surface area contributed by atoms with Crippen LogP contribution in [0.2, 0.25) is 0 Å². The van der Waals surface area contributed by atoms with Gasteiger partial charge >= 0.3 is 5.97 Å². The van der Waals surface area contributed by atoms with Crippen LogP contribution in [0, 0.1) is 5.92 Å².